The Labute approximate surface area is 189 Å². The summed E-state index contributed by atoms with van der Waals surface area (Å²) in [6.45, 7) is 5.78. The van der Waals surface area contributed by atoms with Crippen molar-refractivity contribution in [2.24, 2.45) is 0 Å². The fourth-order valence-corrected chi connectivity index (χ4v) is 5.61. The summed E-state index contributed by atoms with van der Waals surface area (Å²) in [6, 6.07) is 6.76. The predicted molar refractivity (Wildman–Crippen MR) is 120 cm³/mol. The normalized spacial score (nSPS) is 25.8. The molecular formula is C24H33N5O3. The van der Waals surface area contributed by atoms with Crippen LogP contribution in [0.3, 0.4) is 0 Å². The van der Waals surface area contributed by atoms with Gasteiger partial charge in [-0.1, -0.05) is 12.1 Å². The lowest BCUT2D eigenvalue weighted by Gasteiger charge is -2.39. The molecule has 3 amide bonds. The molecule has 4 aliphatic heterocycles. The van der Waals surface area contributed by atoms with Crippen LogP contribution in [0.5, 0.6) is 0 Å². The van der Waals surface area contributed by atoms with E-state index in [1.807, 2.05) is 12.1 Å². The Morgan fingerprint density at radius 3 is 2.53 bits per heavy atom. The van der Waals surface area contributed by atoms with Crippen molar-refractivity contribution >= 4 is 17.7 Å². The molecule has 1 atom stereocenters. The van der Waals surface area contributed by atoms with Gasteiger partial charge in [-0.15, -0.1) is 0 Å². The molecule has 0 bridgehead atoms. The number of nitrogens with one attached hydrogen (secondary N) is 3. The Bertz CT molecular complexity index is 890. The number of imide groups is 1. The Hall–Kier alpha value is -2.29. The average Bonchev–Trinajstić information content (AvgIpc) is 3.14. The molecule has 8 heteroatoms. The third kappa shape index (κ3) is 4.44. The van der Waals surface area contributed by atoms with Crippen LogP contribution in [0.4, 0.5) is 0 Å². The van der Waals surface area contributed by atoms with E-state index in [9.17, 15) is 14.4 Å². The number of amides is 3. The summed E-state index contributed by atoms with van der Waals surface area (Å²) in [7, 11) is 0. The van der Waals surface area contributed by atoms with E-state index in [0.717, 1.165) is 62.7 Å². The Balaban J connectivity index is 1.14. The zero-order chi connectivity index (χ0) is 22.1. The summed E-state index contributed by atoms with van der Waals surface area (Å²) >= 11 is 0. The van der Waals surface area contributed by atoms with Gasteiger partial charge < -0.3 is 20.4 Å². The van der Waals surface area contributed by atoms with Gasteiger partial charge in [-0.2, -0.15) is 0 Å². The van der Waals surface area contributed by atoms with Gasteiger partial charge in [0.15, 0.2) is 0 Å². The molecule has 3 fully saturated rings. The minimum absolute atomic E-state index is 0.105. The lowest BCUT2D eigenvalue weighted by atomic mass is 9.98. The molecular weight excluding hydrogens is 406 g/mol. The minimum atomic E-state index is -0.556. The standard InChI is InChI=1S/C24H33N5O3/c30-22-4-3-21(23(31)27-22)29-15-17-2-1-16(13-20(17)24(29)32)14-26-18-7-11-28(12-8-18)19-5-9-25-10-6-19/h1-2,13,18-19,21,25-26H,3-12,14-15H2,(H,27,30,31). The van der Waals surface area contributed by atoms with E-state index in [0.29, 0.717) is 24.6 Å². The topological polar surface area (TPSA) is 93.8 Å². The summed E-state index contributed by atoms with van der Waals surface area (Å²) in [5.74, 6) is -0.725. The molecule has 32 heavy (non-hydrogen) atoms. The number of carbonyl (C=O) groups is 3. The molecule has 8 nitrogen and oxygen atoms in total. The van der Waals surface area contributed by atoms with Gasteiger partial charge in [-0.05, 0) is 75.5 Å². The van der Waals surface area contributed by atoms with Gasteiger partial charge >= 0.3 is 0 Å². The van der Waals surface area contributed by atoms with Crippen LogP contribution in [0.15, 0.2) is 18.2 Å². The third-order valence-electron chi connectivity index (χ3n) is 7.54. The van der Waals surface area contributed by atoms with Crippen LogP contribution in [0, 0.1) is 0 Å². The first-order valence-electron chi connectivity index (χ1n) is 12.0. The highest BCUT2D eigenvalue weighted by molar-refractivity contribution is 6.05. The molecule has 0 aliphatic carbocycles. The average molecular weight is 440 g/mol. The molecule has 3 N–H and O–H groups in total. The van der Waals surface area contributed by atoms with Gasteiger partial charge in [-0.3, -0.25) is 19.7 Å². The van der Waals surface area contributed by atoms with E-state index in [2.05, 4.69) is 26.9 Å². The first kappa shape index (κ1) is 21.6. The predicted octanol–water partition coefficient (Wildman–Crippen LogP) is 0.754. The van der Waals surface area contributed by atoms with Gasteiger partial charge in [0.25, 0.3) is 5.91 Å². The van der Waals surface area contributed by atoms with Crippen molar-refractivity contribution in [2.75, 3.05) is 26.2 Å². The Morgan fingerprint density at radius 1 is 1.00 bits per heavy atom. The maximum absolute atomic E-state index is 13.0. The Morgan fingerprint density at radius 2 is 1.78 bits per heavy atom. The molecule has 172 valence electrons. The summed E-state index contributed by atoms with van der Waals surface area (Å²) in [6.07, 6.45) is 5.53. The molecule has 0 spiro atoms. The number of hydrogen-bond acceptors (Lipinski definition) is 6. The van der Waals surface area contributed by atoms with Gasteiger partial charge in [0, 0.05) is 37.2 Å². The molecule has 4 heterocycles. The highest BCUT2D eigenvalue weighted by Crippen LogP contribution is 2.28. The van der Waals surface area contributed by atoms with Crippen LogP contribution in [0.25, 0.3) is 0 Å². The molecule has 1 aromatic carbocycles. The number of benzene rings is 1. The van der Waals surface area contributed by atoms with E-state index in [-0.39, 0.29) is 24.1 Å². The van der Waals surface area contributed by atoms with E-state index in [1.54, 1.807) is 4.90 Å². The van der Waals surface area contributed by atoms with Crippen molar-refractivity contribution in [2.45, 2.75) is 69.7 Å². The van der Waals surface area contributed by atoms with Crippen LogP contribution in [0.2, 0.25) is 0 Å². The lowest BCUT2D eigenvalue weighted by Crippen LogP contribution is -2.52. The number of piperidine rings is 3. The SMILES string of the molecule is O=C1CCC(N2Cc3ccc(CNC4CCN(C5CCNCC5)CC4)cc3C2=O)C(=O)N1. The molecule has 1 unspecified atom stereocenters. The molecule has 4 aliphatic rings. The fourth-order valence-electron chi connectivity index (χ4n) is 5.61. The zero-order valence-electron chi connectivity index (χ0n) is 18.6. The van der Waals surface area contributed by atoms with Crippen LogP contribution in [0.1, 0.15) is 60.0 Å². The molecule has 0 saturated carbocycles. The van der Waals surface area contributed by atoms with Crippen molar-refractivity contribution in [3.8, 4) is 0 Å². The summed E-state index contributed by atoms with van der Waals surface area (Å²) in [4.78, 5) is 40.9. The second-order valence-corrected chi connectivity index (χ2v) is 9.56. The zero-order valence-corrected chi connectivity index (χ0v) is 18.6. The summed E-state index contributed by atoms with van der Waals surface area (Å²) < 4.78 is 0. The second kappa shape index (κ2) is 9.29. The van der Waals surface area contributed by atoms with Crippen molar-refractivity contribution < 1.29 is 14.4 Å². The van der Waals surface area contributed by atoms with E-state index < -0.39 is 6.04 Å². The van der Waals surface area contributed by atoms with Crippen LogP contribution in [-0.4, -0.2) is 71.8 Å². The van der Waals surface area contributed by atoms with Crippen molar-refractivity contribution in [1.82, 2.24) is 25.8 Å². The maximum Gasteiger partial charge on any atom is 0.255 e. The summed E-state index contributed by atoms with van der Waals surface area (Å²) in [5, 5.41) is 9.49. The number of rotatable bonds is 5. The fraction of sp³-hybridized carbons (Fsp3) is 0.625. The number of carbonyl (C=O) groups excluding carboxylic acids is 3. The Kier molecular flexibility index (Phi) is 6.26. The molecule has 1 aromatic rings. The van der Waals surface area contributed by atoms with Gasteiger partial charge in [0.1, 0.15) is 6.04 Å². The quantitative estimate of drug-likeness (QED) is 0.587. The molecule has 3 saturated heterocycles. The molecule has 0 aromatic heterocycles. The third-order valence-corrected chi connectivity index (χ3v) is 7.54. The highest BCUT2D eigenvalue weighted by Gasteiger charge is 2.39. The monoisotopic (exact) mass is 439 g/mol. The number of fused-ring (bicyclic) bond motifs is 1. The van der Waals surface area contributed by atoms with E-state index in [4.69, 9.17) is 0 Å². The van der Waals surface area contributed by atoms with Crippen molar-refractivity contribution in [3.05, 3.63) is 34.9 Å². The second-order valence-electron chi connectivity index (χ2n) is 9.56. The number of hydrogen-bond donors (Lipinski definition) is 3. The van der Waals surface area contributed by atoms with E-state index >= 15 is 0 Å². The van der Waals surface area contributed by atoms with Gasteiger partial charge in [-0.25, -0.2) is 0 Å². The van der Waals surface area contributed by atoms with Crippen LogP contribution in [-0.2, 0) is 22.7 Å². The van der Waals surface area contributed by atoms with Crippen molar-refractivity contribution in [1.29, 1.82) is 0 Å². The number of nitrogens with zero attached hydrogens (tertiary/aromatic N) is 2. The number of likely N-dealkylation sites (tertiary alicyclic amines) is 1. The van der Waals surface area contributed by atoms with Gasteiger partial charge in [0.05, 0.1) is 0 Å². The van der Waals surface area contributed by atoms with Crippen molar-refractivity contribution in [3.63, 3.8) is 0 Å². The lowest BCUT2D eigenvalue weighted by molar-refractivity contribution is -0.136. The van der Waals surface area contributed by atoms with E-state index in [1.165, 1.54) is 12.8 Å². The summed E-state index contributed by atoms with van der Waals surface area (Å²) in [5.41, 5.74) is 2.75. The first-order chi connectivity index (χ1) is 15.6. The largest absolute Gasteiger partial charge is 0.322 e. The minimum Gasteiger partial charge on any atom is -0.322 e. The smallest absolute Gasteiger partial charge is 0.255 e. The highest BCUT2D eigenvalue weighted by atomic mass is 16.2. The van der Waals surface area contributed by atoms with Crippen LogP contribution >= 0.6 is 0 Å². The maximum atomic E-state index is 13.0. The molecule has 0 radical (unpaired) electrons. The van der Waals surface area contributed by atoms with Gasteiger partial charge in [0.2, 0.25) is 11.8 Å². The molecule has 5 rings (SSSR count). The van der Waals surface area contributed by atoms with Crippen LogP contribution < -0.4 is 16.0 Å². The first-order valence-corrected chi connectivity index (χ1v) is 12.0.